The van der Waals surface area contributed by atoms with Crippen molar-refractivity contribution >= 4 is 11.8 Å². The largest absolute Gasteiger partial charge is 0.423 e. The number of alkyl halides is 3. The summed E-state index contributed by atoms with van der Waals surface area (Å²) >= 11 is 0. The van der Waals surface area contributed by atoms with E-state index in [0.29, 0.717) is 29.7 Å². The summed E-state index contributed by atoms with van der Waals surface area (Å²) in [7, 11) is 0. The fourth-order valence-electron chi connectivity index (χ4n) is 2.30. The highest BCUT2D eigenvalue weighted by Gasteiger charge is 2.42. The molecule has 0 bridgehead atoms. The molecule has 0 aromatic heterocycles. The van der Waals surface area contributed by atoms with Crippen molar-refractivity contribution in [3.05, 3.63) is 47.3 Å². The van der Waals surface area contributed by atoms with Gasteiger partial charge in [0, 0.05) is 11.6 Å². The highest BCUT2D eigenvalue weighted by molar-refractivity contribution is 5.94. The summed E-state index contributed by atoms with van der Waals surface area (Å²) in [4.78, 5) is 22.9. The van der Waals surface area contributed by atoms with Gasteiger partial charge >= 0.3 is 12.1 Å². The molecule has 0 aromatic rings. The van der Waals surface area contributed by atoms with Crippen LogP contribution in [0.1, 0.15) is 26.2 Å². The van der Waals surface area contributed by atoms with Crippen LogP contribution < -0.4 is 0 Å². The van der Waals surface area contributed by atoms with E-state index in [1.54, 1.807) is 19.1 Å². The Morgan fingerprint density at radius 2 is 2.09 bits per heavy atom. The van der Waals surface area contributed by atoms with Gasteiger partial charge in [0.15, 0.2) is 5.78 Å². The number of carbonyl (C=O) groups excluding carboxylic acids is 2. The molecular formula is C16H15F3O3. The van der Waals surface area contributed by atoms with Crippen LogP contribution in [-0.4, -0.2) is 17.9 Å². The van der Waals surface area contributed by atoms with E-state index in [2.05, 4.69) is 0 Å². The smallest absolute Gasteiger partial charge is 0.398 e. The van der Waals surface area contributed by atoms with Gasteiger partial charge < -0.3 is 4.74 Å². The predicted octanol–water partition coefficient (Wildman–Crippen LogP) is 3.79. The van der Waals surface area contributed by atoms with E-state index in [4.69, 9.17) is 4.74 Å². The number of esters is 1. The van der Waals surface area contributed by atoms with Gasteiger partial charge in [0.1, 0.15) is 11.7 Å². The number of ether oxygens (including phenoxy) is 1. The molecule has 118 valence electrons. The molecule has 3 nitrogen and oxygen atoms in total. The lowest BCUT2D eigenvalue weighted by atomic mass is 9.95. The van der Waals surface area contributed by atoms with Gasteiger partial charge in [-0.25, -0.2) is 4.79 Å². The van der Waals surface area contributed by atoms with E-state index in [9.17, 15) is 22.8 Å². The maximum atomic E-state index is 12.9. The van der Waals surface area contributed by atoms with Crippen molar-refractivity contribution in [3.63, 3.8) is 0 Å². The first-order valence-corrected chi connectivity index (χ1v) is 6.97. The molecular weight excluding hydrogens is 297 g/mol. The molecule has 0 fully saturated rings. The van der Waals surface area contributed by atoms with Crippen molar-refractivity contribution in [2.75, 3.05) is 0 Å². The number of unbranched alkanes of at least 4 members (excludes halogenated alkanes) is 1. The first-order valence-electron chi connectivity index (χ1n) is 6.97. The summed E-state index contributed by atoms with van der Waals surface area (Å²) in [6, 6.07) is 0. The lowest BCUT2D eigenvalue weighted by Gasteiger charge is -2.17. The maximum Gasteiger partial charge on any atom is 0.398 e. The predicted molar refractivity (Wildman–Crippen MR) is 73.6 cm³/mol. The molecule has 1 atom stereocenters. The molecule has 1 unspecified atom stereocenters. The molecule has 1 heterocycles. The lowest BCUT2D eigenvalue weighted by Crippen LogP contribution is -2.29. The van der Waals surface area contributed by atoms with Crippen molar-refractivity contribution in [1.82, 2.24) is 0 Å². The fraction of sp³-hybridized carbons (Fsp3) is 0.375. The standard InChI is InChI=1S/C16H15F3O3/c1-2-3-4-12(16(17,18)19)13(20)7-5-10-6-8-14-11(10)9-15(21)22-14/h5-9,12H,2-4H2,1H3. The first-order chi connectivity index (χ1) is 10.3. The van der Waals surface area contributed by atoms with E-state index >= 15 is 0 Å². The average molecular weight is 312 g/mol. The number of hydrogen-bond acceptors (Lipinski definition) is 3. The number of rotatable bonds is 6. The zero-order chi connectivity index (χ0) is 16.3. The highest BCUT2D eigenvalue weighted by Crippen LogP contribution is 2.34. The normalized spacial score (nSPS) is 18.7. The first kappa shape index (κ1) is 16.3. The Kier molecular flexibility index (Phi) is 4.68. The monoisotopic (exact) mass is 312 g/mol. The van der Waals surface area contributed by atoms with Crippen LogP contribution >= 0.6 is 0 Å². The number of ketones is 1. The maximum absolute atomic E-state index is 12.9. The molecule has 2 aliphatic rings. The van der Waals surface area contributed by atoms with E-state index in [-0.39, 0.29) is 6.42 Å². The molecule has 0 amide bonds. The highest BCUT2D eigenvalue weighted by atomic mass is 19.4. The van der Waals surface area contributed by atoms with Gasteiger partial charge in [-0.1, -0.05) is 31.9 Å². The van der Waals surface area contributed by atoms with Crippen LogP contribution in [-0.2, 0) is 14.3 Å². The van der Waals surface area contributed by atoms with Crippen LogP contribution in [0.3, 0.4) is 0 Å². The Labute approximate surface area is 125 Å². The molecule has 0 saturated carbocycles. The van der Waals surface area contributed by atoms with Gasteiger partial charge in [0.05, 0.1) is 0 Å². The van der Waals surface area contributed by atoms with Crippen LogP contribution in [0.4, 0.5) is 13.2 Å². The van der Waals surface area contributed by atoms with Crippen molar-refractivity contribution in [1.29, 1.82) is 0 Å². The lowest BCUT2D eigenvalue weighted by molar-refractivity contribution is -0.180. The number of allylic oxidation sites excluding steroid dienone is 5. The minimum absolute atomic E-state index is 0.212. The Balaban J connectivity index is 2.07. The average Bonchev–Trinajstić information content (AvgIpc) is 2.94. The third-order valence-corrected chi connectivity index (χ3v) is 3.48. The van der Waals surface area contributed by atoms with Gasteiger partial charge in [-0.3, -0.25) is 4.79 Å². The molecule has 1 aliphatic carbocycles. The Bertz CT molecular complexity index is 607. The minimum Gasteiger partial charge on any atom is -0.423 e. The summed E-state index contributed by atoms with van der Waals surface area (Å²) < 4.78 is 43.6. The van der Waals surface area contributed by atoms with E-state index in [1.807, 2.05) is 0 Å². The molecule has 0 aromatic carbocycles. The molecule has 0 N–H and O–H groups in total. The van der Waals surface area contributed by atoms with E-state index in [1.165, 1.54) is 12.2 Å². The zero-order valence-electron chi connectivity index (χ0n) is 11.9. The number of hydrogen-bond donors (Lipinski definition) is 0. The molecule has 0 saturated heterocycles. The Morgan fingerprint density at radius 3 is 2.73 bits per heavy atom. The summed E-state index contributed by atoms with van der Waals surface area (Å²) in [5, 5.41) is 0. The SMILES string of the molecule is CCCCC(C(=O)C=CC1=CC=C2OC(=O)C=C12)C(F)(F)F. The van der Waals surface area contributed by atoms with Gasteiger partial charge in [0.25, 0.3) is 0 Å². The summed E-state index contributed by atoms with van der Waals surface area (Å²) in [6.45, 7) is 1.77. The van der Waals surface area contributed by atoms with Crippen LogP contribution in [0.25, 0.3) is 0 Å². The van der Waals surface area contributed by atoms with Crippen LogP contribution in [0.2, 0.25) is 0 Å². The number of carbonyl (C=O) groups is 2. The number of fused-ring (bicyclic) bond motifs is 1. The second-order valence-corrected chi connectivity index (χ2v) is 5.10. The molecule has 2 rings (SSSR count). The molecule has 1 aliphatic heterocycles. The van der Waals surface area contributed by atoms with Crippen LogP contribution in [0.5, 0.6) is 0 Å². The van der Waals surface area contributed by atoms with Gasteiger partial charge in [-0.05, 0) is 24.1 Å². The molecule has 6 heteroatoms. The third-order valence-electron chi connectivity index (χ3n) is 3.48. The molecule has 22 heavy (non-hydrogen) atoms. The Hall–Kier alpha value is -2.11. The Morgan fingerprint density at radius 1 is 1.36 bits per heavy atom. The topological polar surface area (TPSA) is 43.4 Å². The summed E-state index contributed by atoms with van der Waals surface area (Å²) in [5.41, 5.74) is 0.983. The summed E-state index contributed by atoms with van der Waals surface area (Å²) in [6.07, 6.45) is 2.78. The molecule has 0 radical (unpaired) electrons. The van der Waals surface area contributed by atoms with Gasteiger partial charge in [-0.2, -0.15) is 13.2 Å². The second kappa shape index (κ2) is 6.34. The van der Waals surface area contributed by atoms with Crippen molar-refractivity contribution in [2.45, 2.75) is 32.4 Å². The van der Waals surface area contributed by atoms with Crippen molar-refractivity contribution < 1.29 is 27.5 Å². The summed E-state index contributed by atoms with van der Waals surface area (Å²) in [5.74, 6) is -3.12. The quantitative estimate of drug-likeness (QED) is 0.553. The van der Waals surface area contributed by atoms with Gasteiger partial charge in [0.2, 0.25) is 0 Å². The van der Waals surface area contributed by atoms with Crippen LogP contribution in [0.15, 0.2) is 47.3 Å². The van der Waals surface area contributed by atoms with Crippen molar-refractivity contribution in [2.24, 2.45) is 5.92 Å². The van der Waals surface area contributed by atoms with Gasteiger partial charge in [-0.15, -0.1) is 0 Å². The van der Waals surface area contributed by atoms with Crippen molar-refractivity contribution in [3.8, 4) is 0 Å². The fourth-order valence-corrected chi connectivity index (χ4v) is 2.30. The minimum atomic E-state index is -4.55. The second-order valence-electron chi connectivity index (χ2n) is 5.10. The van der Waals surface area contributed by atoms with E-state index < -0.39 is 23.8 Å². The third kappa shape index (κ3) is 3.55. The zero-order valence-corrected chi connectivity index (χ0v) is 11.9. The number of halogens is 3. The van der Waals surface area contributed by atoms with Crippen LogP contribution in [0, 0.1) is 5.92 Å². The van der Waals surface area contributed by atoms with E-state index in [0.717, 1.165) is 6.08 Å². The molecule has 0 spiro atoms.